The first-order chi connectivity index (χ1) is 14.1. The summed E-state index contributed by atoms with van der Waals surface area (Å²) >= 11 is 0. The van der Waals surface area contributed by atoms with Crippen LogP contribution in [0.3, 0.4) is 0 Å². The Hall–Kier alpha value is -3.69. The number of rotatable bonds is 6. The molecule has 0 aliphatic carbocycles. The van der Waals surface area contributed by atoms with E-state index in [1.807, 2.05) is 0 Å². The van der Waals surface area contributed by atoms with E-state index in [0.29, 0.717) is 11.3 Å². The highest BCUT2D eigenvalue weighted by Crippen LogP contribution is 2.33. The van der Waals surface area contributed by atoms with E-state index in [1.165, 1.54) is 49.4 Å². The number of amides is 1. The van der Waals surface area contributed by atoms with Gasteiger partial charge in [-0.15, -0.1) is 0 Å². The van der Waals surface area contributed by atoms with Crippen molar-refractivity contribution in [2.75, 3.05) is 5.32 Å². The molecular weight excluding hydrogens is 401 g/mol. The molecule has 156 valence electrons. The molecule has 0 spiro atoms. The molecule has 30 heavy (non-hydrogen) atoms. The second-order valence-corrected chi connectivity index (χ2v) is 6.40. The van der Waals surface area contributed by atoms with E-state index in [4.69, 9.17) is 4.74 Å². The third-order valence-electron chi connectivity index (χ3n) is 4.19. The lowest BCUT2D eigenvalue weighted by Crippen LogP contribution is -2.30. The van der Waals surface area contributed by atoms with Crippen molar-refractivity contribution in [3.05, 3.63) is 66.2 Å². The molecule has 0 radical (unpaired) electrons. The molecule has 0 aliphatic rings. The highest BCUT2D eigenvalue weighted by Gasteiger charge is 2.31. The number of nitrogens with zero attached hydrogens (tertiary/aromatic N) is 3. The molecule has 10 heteroatoms. The SMILES string of the molecule is CC(=O)c1ccc(OC(C)C(=O)Nc2cc(C(F)(F)F)ccc2-n2cncn2)cc1. The molecule has 1 N–H and O–H groups in total. The Morgan fingerprint density at radius 2 is 1.83 bits per heavy atom. The van der Waals surface area contributed by atoms with Gasteiger partial charge in [-0.25, -0.2) is 9.67 Å². The van der Waals surface area contributed by atoms with Crippen molar-refractivity contribution >= 4 is 17.4 Å². The Bertz CT molecular complexity index is 1050. The molecule has 1 unspecified atom stereocenters. The fraction of sp³-hybridized carbons (Fsp3) is 0.200. The summed E-state index contributed by atoms with van der Waals surface area (Å²) in [6.45, 7) is 2.88. The predicted octanol–water partition coefficient (Wildman–Crippen LogP) is 3.89. The van der Waals surface area contributed by atoms with Crippen LogP contribution in [0.4, 0.5) is 18.9 Å². The maximum atomic E-state index is 13.1. The molecule has 3 rings (SSSR count). The van der Waals surface area contributed by atoms with Crippen LogP contribution in [0.15, 0.2) is 55.1 Å². The summed E-state index contributed by atoms with van der Waals surface area (Å²) in [5.74, 6) is -0.438. The predicted molar refractivity (Wildman–Crippen MR) is 102 cm³/mol. The van der Waals surface area contributed by atoms with Gasteiger partial charge in [0.05, 0.1) is 16.9 Å². The molecule has 2 aromatic carbocycles. The number of hydrogen-bond acceptors (Lipinski definition) is 5. The molecule has 0 fully saturated rings. The van der Waals surface area contributed by atoms with Crippen molar-refractivity contribution in [3.63, 3.8) is 0 Å². The number of carbonyl (C=O) groups excluding carboxylic acids is 2. The number of nitrogens with one attached hydrogen (secondary N) is 1. The standard InChI is InChI=1S/C20H17F3N4O3/c1-12(28)14-3-6-16(7-4-14)30-13(2)19(29)26-17-9-15(20(21,22)23)5-8-18(17)27-11-24-10-25-27/h3-11,13H,1-2H3,(H,26,29). The van der Waals surface area contributed by atoms with Gasteiger partial charge in [-0.05, 0) is 56.3 Å². The minimum absolute atomic E-state index is 0.0947. The Morgan fingerprint density at radius 1 is 1.13 bits per heavy atom. The Labute approximate surface area is 169 Å². The van der Waals surface area contributed by atoms with Crippen molar-refractivity contribution in [3.8, 4) is 11.4 Å². The molecule has 7 nitrogen and oxygen atoms in total. The smallest absolute Gasteiger partial charge is 0.416 e. The fourth-order valence-corrected chi connectivity index (χ4v) is 2.61. The molecule has 3 aromatic rings. The number of halogens is 3. The fourth-order valence-electron chi connectivity index (χ4n) is 2.61. The van der Waals surface area contributed by atoms with Gasteiger partial charge in [0.25, 0.3) is 5.91 Å². The first-order valence-electron chi connectivity index (χ1n) is 8.80. The van der Waals surface area contributed by atoms with Crippen molar-refractivity contribution in [1.29, 1.82) is 0 Å². The monoisotopic (exact) mass is 418 g/mol. The van der Waals surface area contributed by atoms with Crippen LogP contribution in [-0.4, -0.2) is 32.6 Å². The van der Waals surface area contributed by atoms with E-state index in [0.717, 1.165) is 12.1 Å². The lowest BCUT2D eigenvalue weighted by atomic mass is 10.1. The van der Waals surface area contributed by atoms with E-state index in [2.05, 4.69) is 15.4 Å². The van der Waals surface area contributed by atoms with Gasteiger partial charge in [0, 0.05) is 5.56 Å². The molecule has 1 heterocycles. The molecule has 0 saturated heterocycles. The second kappa shape index (κ2) is 8.36. The van der Waals surface area contributed by atoms with Crippen LogP contribution in [-0.2, 0) is 11.0 Å². The molecule has 0 bridgehead atoms. The molecule has 1 amide bonds. The summed E-state index contributed by atoms with van der Waals surface area (Å²) in [5.41, 5.74) is -0.314. The number of ketones is 1. The zero-order valence-corrected chi connectivity index (χ0v) is 16.0. The van der Waals surface area contributed by atoms with E-state index in [9.17, 15) is 22.8 Å². The van der Waals surface area contributed by atoms with Gasteiger partial charge in [0.2, 0.25) is 0 Å². The van der Waals surface area contributed by atoms with E-state index in [-0.39, 0.29) is 17.2 Å². The molecule has 1 atom stereocenters. The molecule has 0 aliphatic heterocycles. The number of Topliss-reactive ketones (excluding diaryl/α,β-unsaturated/α-hetero) is 1. The third kappa shape index (κ3) is 4.83. The van der Waals surface area contributed by atoms with Crippen LogP contribution >= 0.6 is 0 Å². The number of benzene rings is 2. The van der Waals surface area contributed by atoms with Crippen molar-refractivity contribution in [1.82, 2.24) is 14.8 Å². The number of ether oxygens (including phenoxy) is 1. The number of hydrogen-bond donors (Lipinski definition) is 1. The number of alkyl halides is 3. The van der Waals surface area contributed by atoms with Gasteiger partial charge in [-0.2, -0.15) is 18.3 Å². The van der Waals surface area contributed by atoms with Gasteiger partial charge in [-0.1, -0.05) is 0 Å². The average molecular weight is 418 g/mol. The minimum Gasteiger partial charge on any atom is -0.481 e. The van der Waals surface area contributed by atoms with Crippen LogP contribution < -0.4 is 10.1 Å². The number of carbonyl (C=O) groups is 2. The van der Waals surface area contributed by atoms with Crippen molar-refractivity contribution in [2.45, 2.75) is 26.1 Å². The molecule has 1 aromatic heterocycles. The zero-order chi connectivity index (χ0) is 21.9. The normalized spacial score (nSPS) is 12.3. The maximum Gasteiger partial charge on any atom is 0.416 e. The van der Waals surface area contributed by atoms with Crippen molar-refractivity contribution in [2.24, 2.45) is 0 Å². The highest BCUT2D eigenvalue weighted by atomic mass is 19.4. The van der Waals surface area contributed by atoms with Crippen LogP contribution in [0.25, 0.3) is 5.69 Å². The summed E-state index contributed by atoms with van der Waals surface area (Å²) in [7, 11) is 0. The quantitative estimate of drug-likeness (QED) is 0.614. The van der Waals surface area contributed by atoms with Gasteiger partial charge < -0.3 is 10.1 Å². The van der Waals surface area contributed by atoms with Gasteiger partial charge in [0.1, 0.15) is 18.4 Å². The minimum atomic E-state index is -4.58. The van der Waals surface area contributed by atoms with Gasteiger partial charge >= 0.3 is 6.18 Å². The van der Waals surface area contributed by atoms with E-state index in [1.54, 1.807) is 12.1 Å². The largest absolute Gasteiger partial charge is 0.481 e. The third-order valence-corrected chi connectivity index (χ3v) is 4.19. The summed E-state index contributed by atoms with van der Waals surface area (Å²) in [5, 5.41) is 6.35. The lowest BCUT2D eigenvalue weighted by molar-refractivity contribution is -0.137. The second-order valence-electron chi connectivity index (χ2n) is 6.40. The highest BCUT2D eigenvalue weighted by molar-refractivity contribution is 5.96. The molecule has 0 saturated carbocycles. The van der Waals surface area contributed by atoms with Crippen LogP contribution in [0.2, 0.25) is 0 Å². The van der Waals surface area contributed by atoms with Crippen molar-refractivity contribution < 1.29 is 27.5 Å². The lowest BCUT2D eigenvalue weighted by Gasteiger charge is -2.18. The maximum absolute atomic E-state index is 13.1. The Balaban J connectivity index is 1.81. The Morgan fingerprint density at radius 3 is 2.40 bits per heavy atom. The van der Waals surface area contributed by atoms with Gasteiger partial charge in [-0.3, -0.25) is 9.59 Å². The number of aromatic nitrogens is 3. The zero-order valence-electron chi connectivity index (χ0n) is 16.0. The van der Waals surface area contributed by atoms with Gasteiger partial charge in [0.15, 0.2) is 11.9 Å². The summed E-state index contributed by atoms with van der Waals surface area (Å²) in [4.78, 5) is 27.6. The van der Waals surface area contributed by atoms with E-state index < -0.39 is 23.8 Å². The summed E-state index contributed by atoms with van der Waals surface area (Å²) < 4.78 is 46.1. The topological polar surface area (TPSA) is 86.1 Å². The average Bonchev–Trinajstić information content (AvgIpc) is 3.22. The van der Waals surface area contributed by atoms with Crippen LogP contribution in [0, 0.1) is 0 Å². The number of anilines is 1. The first kappa shape index (κ1) is 21.0. The first-order valence-corrected chi connectivity index (χ1v) is 8.80. The summed E-state index contributed by atoms with van der Waals surface area (Å²) in [6, 6.07) is 9.08. The van der Waals surface area contributed by atoms with Crippen LogP contribution in [0.5, 0.6) is 5.75 Å². The van der Waals surface area contributed by atoms with E-state index >= 15 is 0 Å². The molecular formula is C20H17F3N4O3. The van der Waals surface area contributed by atoms with Crippen LogP contribution in [0.1, 0.15) is 29.8 Å². The Kier molecular flexibility index (Phi) is 5.86. The summed E-state index contributed by atoms with van der Waals surface area (Å²) in [6.07, 6.45) is -3.08.